The molecule has 8 heteroatoms. The fourth-order valence-corrected chi connectivity index (χ4v) is 2.74. The van der Waals surface area contributed by atoms with E-state index in [1.165, 1.54) is 35.9 Å². The van der Waals surface area contributed by atoms with Crippen LogP contribution in [0.25, 0.3) is 0 Å². The number of aromatic hydroxyl groups is 1. The second-order valence-corrected chi connectivity index (χ2v) is 5.90. The number of hydrogen-bond acceptors (Lipinski definition) is 5. The van der Waals surface area contributed by atoms with Crippen molar-refractivity contribution in [3.05, 3.63) is 57.5 Å². The molecule has 0 aliphatic carbocycles. The summed E-state index contributed by atoms with van der Waals surface area (Å²) in [5, 5.41) is 12.6. The number of aromatic nitrogens is 2. The molecule has 1 saturated heterocycles. The molecule has 1 fully saturated rings. The Kier molecular flexibility index (Phi) is 4.80. The number of halogens is 1. The first-order chi connectivity index (χ1) is 12.0. The Balaban J connectivity index is 1.83. The van der Waals surface area contributed by atoms with Crippen LogP contribution in [0.2, 0.25) is 0 Å². The minimum atomic E-state index is -0.693. The molecule has 1 aliphatic heterocycles. The van der Waals surface area contributed by atoms with Gasteiger partial charge in [-0.2, -0.15) is 0 Å². The third kappa shape index (κ3) is 3.53. The van der Waals surface area contributed by atoms with Gasteiger partial charge in [-0.3, -0.25) is 14.2 Å². The molecule has 1 atom stereocenters. The Hall–Kier alpha value is -2.74. The first kappa shape index (κ1) is 17.1. The molecule has 1 aromatic heterocycles. The lowest BCUT2D eigenvalue weighted by Crippen LogP contribution is -2.31. The molecule has 2 N–H and O–H groups in total. The molecule has 132 valence electrons. The molecule has 1 amide bonds. The van der Waals surface area contributed by atoms with E-state index in [9.17, 15) is 19.1 Å². The van der Waals surface area contributed by atoms with Crippen molar-refractivity contribution in [2.75, 3.05) is 13.2 Å². The summed E-state index contributed by atoms with van der Waals surface area (Å²) in [5.41, 5.74) is -0.307. The smallest absolute Gasteiger partial charge is 0.296 e. The largest absolute Gasteiger partial charge is 0.501 e. The predicted molar refractivity (Wildman–Crippen MR) is 86.9 cm³/mol. The van der Waals surface area contributed by atoms with Gasteiger partial charge < -0.3 is 15.2 Å². The quantitative estimate of drug-likeness (QED) is 0.863. The van der Waals surface area contributed by atoms with Crippen LogP contribution >= 0.6 is 0 Å². The number of hydrogen-bond donors (Lipinski definition) is 2. The predicted octanol–water partition coefficient (Wildman–Crippen LogP) is 1.06. The van der Waals surface area contributed by atoms with Gasteiger partial charge in [0, 0.05) is 26.1 Å². The lowest BCUT2D eigenvalue weighted by Gasteiger charge is -2.15. The summed E-state index contributed by atoms with van der Waals surface area (Å²) in [6.45, 7) is 1.10. The van der Waals surface area contributed by atoms with Crippen LogP contribution in [0.5, 0.6) is 5.75 Å². The minimum Gasteiger partial charge on any atom is -0.501 e. The second kappa shape index (κ2) is 7.02. The summed E-state index contributed by atoms with van der Waals surface area (Å²) >= 11 is 0. The molecule has 7 nitrogen and oxygen atoms in total. The van der Waals surface area contributed by atoms with E-state index < -0.39 is 17.2 Å². The second-order valence-electron chi connectivity index (χ2n) is 5.90. The van der Waals surface area contributed by atoms with E-state index in [-0.39, 0.29) is 24.0 Å². The molecule has 1 unspecified atom stereocenters. The number of nitrogens with one attached hydrogen (secondary N) is 1. The van der Waals surface area contributed by atoms with Crippen molar-refractivity contribution in [3.63, 3.8) is 0 Å². The topological polar surface area (TPSA) is 93.5 Å². The molecule has 25 heavy (non-hydrogen) atoms. The maximum absolute atomic E-state index is 12.9. The highest BCUT2D eigenvalue weighted by Gasteiger charge is 2.26. The van der Waals surface area contributed by atoms with Gasteiger partial charge >= 0.3 is 0 Å². The summed E-state index contributed by atoms with van der Waals surface area (Å²) in [7, 11) is 1.50. The molecule has 1 aliphatic rings. The van der Waals surface area contributed by atoms with Crippen molar-refractivity contribution < 1.29 is 19.0 Å². The Labute approximate surface area is 143 Å². The third-order valence-electron chi connectivity index (χ3n) is 4.18. The van der Waals surface area contributed by atoms with Gasteiger partial charge in [-0.15, -0.1) is 0 Å². The first-order valence-corrected chi connectivity index (χ1v) is 7.87. The van der Waals surface area contributed by atoms with Gasteiger partial charge in [0.1, 0.15) is 11.6 Å². The van der Waals surface area contributed by atoms with Crippen LogP contribution < -0.4 is 10.9 Å². The molecule has 2 heterocycles. The zero-order valence-electron chi connectivity index (χ0n) is 13.7. The Bertz CT molecular complexity index is 842. The maximum Gasteiger partial charge on any atom is 0.296 e. The zero-order valence-corrected chi connectivity index (χ0v) is 13.7. The number of carbonyl (C=O) groups excluding carboxylic acids is 1. The molecular weight excluding hydrogens is 329 g/mol. The average molecular weight is 347 g/mol. The molecule has 0 radical (unpaired) electrons. The number of benzene rings is 1. The summed E-state index contributed by atoms with van der Waals surface area (Å²) in [5.74, 6) is -1.42. The molecular formula is C17H18FN3O4. The Morgan fingerprint density at radius 2 is 2.16 bits per heavy atom. The average Bonchev–Trinajstić information content (AvgIpc) is 3.13. The standard InChI is InChI=1S/C17H18FN3O4/c1-21-15(11-6-7-25-9-11)20-13(14(22)17(21)24)16(23)19-8-10-2-4-12(18)5-3-10/h2-5,11,22H,6-9H2,1H3,(H,19,23). The Morgan fingerprint density at radius 1 is 1.44 bits per heavy atom. The zero-order chi connectivity index (χ0) is 18.0. The van der Waals surface area contributed by atoms with Gasteiger partial charge in [0.05, 0.1) is 6.61 Å². The lowest BCUT2D eigenvalue weighted by molar-refractivity contribution is 0.0941. The molecule has 2 aromatic rings. The van der Waals surface area contributed by atoms with Crippen molar-refractivity contribution in [1.29, 1.82) is 0 Å². The van der Waals surface area contributed by atoms with E-state index in [2.05, 4.69) is 10.3 Å². The summed E-state index contributed by atoms with van der Waals surface area (Å²) in [6, 6.07) is 5.64. The van der Waals surface area contributed by atoms with Crippen molar-refractivity contribution in [1.82, 2.24) is 14.9 Å². The van der Waals surface area contributed by atoms with Gasteiger partial charge in [-0.05, 0) is 24.1 Å². The normalized spacial score (nSPS) is 16.8. The van der Waals surface area contributed by atoms with Crippen LogP contribution in [0, 0.1) is 5.82 Å². The summed E-state index contributed by atoms with van der Waals surface area (Å²) in [4.78, 5) is 28.7. The SMILES string of the molecule is Cn1c(C2CCOC2)nc(C(=O)NCc2ccc(F)cc2)c(O)c1=O. The van der Waals surface area contributed by atoms with Gasteiger partial charge in [0.2, 0.25) is 5.75 Å². The highest BCUT2D eigenvalue weighted by molar-refractivity contribution is 5.94. The van der Waals surface area contributed by atoms with Crippen molar-refractivity contribution in [3.8, 4) is 5.75 Å². The van der Waals surface area contributed by atoms with E-state index in [1.807, 2.05) is 0 Å². The minimum absolute atomic E-state index is 0.0954. The van der Waals surface area contributed by atoms with Gasteiger partial charge in [-0.25, -0.2) is 9.37 Å². The highest BCUT2D eigenvalue weighted by atomic mass is 19.1. The van der Waals surface area contributed by atoms with Gasteiger partial charge in [0.15, 0.2) is 5.69 Å². The van der Waals surface area contributed by atoms with E-state index in [0.717, 1.165) is 0 Å². The van der Waals surface area contributed by atoms with Crippen molar-refractivity contribution in [2.45, 2.75) is 18.9 Å². The van der Waals surface area contributed by atoms with Crippen LogP contribution in [0.1, 0.15) is 34.2 Å². The van der Waals surface area contributed by atoms with Crippen LogP contribution in [-0.4, -0.2) is 33.8 Å². The fraction of sp³-hybridized carbons (Fsp3) is 0.353. The summed E-state index contributed by atoms with van der Waals surface area (Å²) < 4.78 is 19.4. The number of ether oxygens (including phenoxy) is 1. The van der Waals surface area contributed by atoms with E-state index in [4.69, 9.17) is 4.74 Å². The number of rotatable bonds is 4. The molecule has 3 rings (SSSR count). The number of amides is 1. The molecule has 0 spiro atoms. The number of carbonyl (C=O) groups is 1. The monoisotopic (exact) mass is 347 g/mol. The van der Waals surface area contributed by atoms with E-state index in [1.54, 1.807) is 0 Å². The third-order valence-corrected chi connectivity index (χ3v) is 4.18. The van der Waals surface area contributed by atoms with E-state index in [0.29, 0.717) is 31.0 Å². The first-order valence-electron chi connectivity index (χ1n) is 7.87. The fourth-order valence-electron chi connectivity index (χ4n) is 2.74. The van der Waals surface area contributed by atoms with Crippen molar-refractivity contribution >= 4 is 5.91 Å². The molecule has 0 bridgehead atoms. The van der Waals surface area contributed by atoms with Crippen LogP contribution in [0.3, 0.4) is 0 Å². The molecule has 0 saturated carbocycles. The van der Waals surface area contributed by atoms with Gasteiger partial charge in [0.25, 0.3) is 11.5 Å². The van der Waals surface area contributed by atoms with Gasteiger partial charge in [-0.1, -0.05) is 12.1 Å². The van der Waals surface area contributed by atoms with Crippen LogP contribution in [-0.2, 0) is 18.3 Å². The van der Waals surface area contributed by atoms with E-state index >= 15 is 0 Å². The maximum atomic E-state index is 12.9. The van der Waals surface area contributed by atoms with Crippen LogP contribution in [0.4, 0.5) is 4.39 Å². The summed E-state index contributed by atoms with van der Waals surface area (Å²) in [6.07, 6.45) is 0.696. The number of nitrogens with zero attached hydrogens (tertiary/aromatic N) is 2. The van der Waals surface area contributed by atoms with Crippen molar-refractivity contribution in [2.24, 2.45) is 7.05 Å². The Morgan fingerprint density at radius 3 is 2.80 bits per heavy atom. The molecule has 1 aromatic carbocycles. The van der Waals surface area contributed by atoms with Crippen LogP contribution in [0.15, 0.2) is 29.1 Å². The highest BCUT2D eigenvalue weighted by Crippen LogP contribution is 2.24. The lowest BCUT2D eigenvalue weighted by atomic mass is 10.1.